The van der Waals surface area contributed by atoms with Gasteiger partial charge in [-0.05, 0) is 45.2 Å². The highest BCUT2D eigenvalue weighted by molar-refractivity contribution is 5.68. The third kappa shape index (κ3) is 3.70. The van der Waals surface area contributed by atoms with Gasteiger partial charge in [0, 0.05) is 5.54 Å². The molecule has 0 aliphatic heterocycles. The van der Waals surface area contributed by atoms with Crippen molar-refractivity contribution in [2.24, 2.45) is 11.8 Å². The molecule has 3 heteroatoms. The minimum Gasteiger partial charge on any atom is -0.481 e. The van der Waals surface area contributed by atoms with Gasteiger partial charge in [0.2, 0.25) is 0 Å². The molecule has 17 heavy (non-hydrogen) atoms. The Labute approximate surface area is 105 Å². The van der Waals surface area contributed by atoms with Gasteiger partial charge in [0.05, 0.1) is 6.42 Å². The van der Waals surface area contributed by atoms with Crippen LogP contribution in [0.15, 0.2) is 0 Å². The van der Waals surface area contributed by atoms with Gasteiger partial charge in [-0.1, -0.05) is 26.7 Å². The summed E-state index contributed by atoms with van der Waals surface area (Å²) in [6, 6.07) is 0. The Hall–Kier alpha value is -0.570. The molecule has 1 saturated carbocycles. The fourth-order valence-electron chi connectivity index (χ4n) is 3.15. The van der Waals surface area contributed by atoms with E-state index in [-0.39, 0.29) is 12.0 Å². The molecule has 2 unspecified atom stereocenters. The lowest BCUT2D eigenvalue weighted by Crippen LogP contribution is -2.45. The van der Waals surface area contributed by atoms with Crippen LogP contribution < -0.4 is 0 Å². The van der Waals surface area contributed by atoms with E-state index in [0.717, 1.165) is 31.1 Å². The average Bonchev–Trinajstić information content (AvgIpc) is 2.40. The minimum absolute atomic E-state index is 0.116. The molecule has 1 aliphatic rings. The highest BCUT2D eigenvalue weighted by atomic mass is 16.4. The van der Waals surface area contributed by atoms with Crippen LogP contribution >= 0.6 is 0 Å². The number of nitrogens with zero attached hydrogens (tertiary/aromatic N) is 1. The molecule has 0 saturated heterocycles. The van der Waals surface area contributed by atoms with E-state index in [1.807, 2.05) is 14.1 Å². The summed E-state index contributed by atoms with van der Waals surface area (Å²) in [5.74, 6) is 0.824. The molecule has 0 bridgehead atoms. The van der Waals surface area contributed by atoms with Crippen LogP contribution in [0.2, 0.25) is 0 Å². The van der Waals surface area contributed by atoms with Crippen molar-refractivity contribution >= 4 is 5.97 Å². The van der Waals surface area contributed by atoms with E-state index < -0.39 is 5.97 Å². The molecule has 0 aromatic heterocycles. The van der Waals surface area contributed by atoms with Crippen molar-refractivity contribution in [1.29, 1.82) is 0 Å². The number of aliphatic carboxylic acids is 1. The molecule has 0 aromatic carbocycles. The Kier molecular flexibility index (Phi) is 4.99. The van der Waals surface area contributed by atoms with E-state index in [0.29, 0.717) is 0 Å². The zero-order valence-corrected chi connectivity index (χ0v) is 11.7. The van der Waals surface area contributed by atoms with Gasteiger partial charge < -0.3 is 10.0 Å². The number of hydrogen-bond donors (Lipinski definition) is 1. The highest BCUT2D eigenvalue weighted by Crippen LogP contribution is 2.38. The zero-order valence-electron chi connectivity index (χ0n) is 11.7. The van der Waals surface area contributed by atoms with Gasteiger partial charge in [-0.25, -0.2) is 0 Å². The Morgan fingerprint density at radius 1 is 1.35 bits per heavy atom. The van der Waals surface area contributed by atoms with Crippen molar-refractivity contribution in [1.82, 2.24) is 4.90 Å². The monoisotopic (exact) mass is 241 g/mol. The first kappa shape index (κ1) is 14.5. The van der Waals surface area contributed by atoms with E-state index in [2.05, 4.69) is 18.7 Å². The Morgan fingerprint density at radius 2 is 2.00 bits per heavy atom. The smallest absolute Gasteiger partial charge is 0.305 e. The summed E-state index contributed by atoms with van der Waals surface area (Å²) in [7, 11) is 4.05. The average molecular weight is 241 g/mol. The van der Waals surface area contributed by atoms with E-state index in [1.165, 1.54) is 12.8 Å². The topological polar surface area (TPSA) is 40.5 Å². The minimum atomic E-state index is -0.665. The van der Waals surface area contributed by atoms with Crippen LogP contribution in [0.3, 0.4) is 0 Å². The number of carboxylic acid groups (broad SMARTS) is 1. The Balaban J connectivity index is 2.75. The normalized spacial score (nSPS) is 30.6. The Bertz CT molecular complexity index is 263. The van der Waals surface area contributed by atoms with Crippen molar-refractivity contribution in [3.8, 4) is 0 Å². The summed E-state index contributed by atoms with van der Waals surface area (Å²) in [6.45, 7) is 4.56. The molecule has 1 fully saturated rings. The predicted octanol–water partition coefficient (Wildman–Crippen LogP) is 3.00. The van der Waals surface area contributed by atoms with Crippen molar-refractivity contribution in [2.75, 3.05) is 14.1 Å². The second-order valence-electron chi connectivity index (χ2n) is 6.12. The molecular weight excluding hydrogens is 214 g/mol. The third-order valence-corrected chi connectivity index (χ3v) is 4.57. The van der Waals surface area contributed by atoms with Crippen LogP contribution in [0, 0.1) is 11.8 Å². The number of carboxylic acids is 1. The zero-order chi connectivity index (χ0) is 13.1. The second-order valence-corrected chi connectivity index (χ2v) is 6.12. The van der Waals surface area contributed by atoms with Crippen LogP contribution in [0.5, 0.6) is 0 Å². The molecule has 3 nitrogen and oxygen atoms in total. The van der Waals surface area contributed by atoms with Gasteiger partial charge in [-0.15, -0.1) is 0 Å². The number of carbonyl (C=O) groups is 1. The molecule has 1 rings (SSSR count). The maximum absolute atomic E-state index is 11.1. The quantitative estimate of drug-likeness (QED) is 0.769. The van der Waals surface area contributed by atoms with Crippen LogP contribution in [-0.4, -0.2) is 35.6 Å². The van der Waals surface area contributed by atoms with Crippen LogP contribution in [0.4, 0.5) is 0 Å². The molecular formula is C14H27NO2. The molecule has 0 heterocycles. The predicted molar refractivity (Wildman–Crippen MR) is 70.1 cm³/mol. The highest BCUT2D eigenvalue weighted by Gasteiger charge is 2.37. The third-order valence-electron chi connectivity index (χ3n) is 4.57. The van der Waals surface area contributed by atoms with Gasteiger partial charge >= 0.3 is 5.97 Å². The fourth-order valence-corrected chi connectivity index (χ4v) is 3.15. The maximum atomic E-state index is 11.1. The molecule has 0 spiro atoms. The number of rotatable bonds is 4. The van der Waals surface area contributed by atoms with E-state index in [9.17, 15) is 4.79 Å². The van der Waals surface area contributed by atoms with Crippen molar-refractivity contribution in [3.63, 3.8) is 0 Å². The molecule has 0 aromatic rings. The van der Waals surface area contributed by atoms with Crippen molar-refractivity contribution in [2.45, 2.75) is 57.9 Å². The van der Waals surface area contributed by atoms with Gasteiger partial charge in [-0.2, -0.15) is 0 Å². The summed E-state index contributed by atoms with van der Waals surface area (Å²) in [6.07, 6.45) is 5.92. The fraction of sp³-hybridized carbons (Fsp3) is 0.929. The second kappa shape index (κ2) is 5.85. The molecule has 2 atom stereocenters. The largest absolute Gasteiger partial charge is 0.481 e. The lowest BCUT2D eigenvalue weighted by Gasteiger charge is -2.38. The number of hydrogen-bond acceptors (Lipinski definition) is 2. The van der Waals surface area contributed by atoms with Gasteiger partial charge in [0.25, 0.3) is 0 Å². The van der Waals surface area contributed by atoms with Crippen molar-refractivity contribution in [3.05, 3.63) is 0 Å². The molecule has 0 amide bonds. The standard InChI is InChI=1S/C14H27NO2/c1-11(2)12-6-5-8-14(9-7-12,15(3)4)10-13(16)17/h11-12H,5-10H2,1-4H3,(H,16,17). The summed E-state index contributed by atoms with van der Waals surface area (Å²) in [5, 5.41) is 9.12. The molecule has 0 radical (unpaired) electrons. The first-order valence-electron chi connectivity index (χ1n) is 6.76. The van der Waals surface area contributed by atoms with Gasteiger partial charge in [0.1, 0.15) is 0 Å². The van der Waals surface area contributed by atoms with Crippen LogP contribution in [0.1, 0.15) is 52.4 Å². The van der Waals surface area contributed by atoms with Crippen molar-refractivity contribution < 1.29 is 9.90 Å². The van der Waals surface area contributed by atoms with E-state index in [4.69, 9.17) is 5.11 Å². The lowest BCUT2D eigenvalue weighted by molar-refractivity contribution is -0.140. The van der Waals surface area contributed by atoms with Gasteiger partial charge in [0.15, 0.2) is 0 Å². The Morgan fingerprint density at radius 3 is 2.47 bits per heavy atom. The molecule has 1 aliphatic carbocycles. The SMILES string of the molecule is CC(C)C1CCCC(CC(=O)O)(N(C)C)CC1. The molecule has 100 valence electrons. The maximum Gasteiger partial charge on any atom is 0.305 e. The van der Waals surface area contributed by atoms with Crippen LogP contribution in [-0.2, 0) is 4.79 Å². The first-order valence-corrected chi connectivity index (χ1v) is 6.76. The summed E-state index contributed by atoms with van der Waals surface area (Å²) >= 11 is 0. The lowest BCUT2D eigenvalue weighted by atomic mass is 9.84. The van der Waals surface area contributed by atoms with E-state index >= 15 is 0 Å². The molecule has 1 N–H and O–H groups in total. The summed E-state index contributed by atoms with van der Waals surface area (Å²) in [5.41, 5.74) is -0.116. The van der Waals surface area contributed by atoms with Gasteiger partial charge in [-0.3, -0.25) is 4.79 Å². The summed E-state index contributed by atoms with van der Waals surface area (Å²) in [4.78, 5) is 13.2. The van der Waals surface area contributed by atoms with E-state index in [1.54, 1.807) is 0 Å². The summed E-state index contributed by atoms with van der Waals surface area (Å²) < 4.78 is 0. The van der Waals surface area contributed by atoms with Crippen LogP contribution in [0.25, 0.3) is 0 Å². The first-order chi connectivity index (χ1) is 7.87.